The maximum atomic E-state index is 12.6. The van der Waals surface area contributed by atoms with Crippen molar-refractivity contribution < 1.29 is 27.9 Å². The molecule has 0 aliphatic heterocycles. The lowest BCUT2D eigenvalue weighted by atomic mass is 9.81. The summed E-state index contributed by atoms with van der Waals surface area (Å²) < 4.78 is 37.9. The van der Waals surface area contributed by atoms with E-state index in [1.54, 1.807) is 0 Å². The van der Waals surface area contributed by atoms with Gasteiger partial charge in [0.1, 0.15) is 0 Å². The van der Waals surface area contributed by atoms with E-state index in [1.807, 2.05) is 0 Å². The van der Waals surface area contributed by atoms with Crippen LogP contribution in [0.3, 0.4) is 0 Å². The summed E-state index contributed by atoms with van der Waals surface area (Å²) >= 11 is 0. The van der Waals surface area contributed by atoms with Gasteiger partial charge in [-0.1, -0.05) is 12.1 Å². The fourth-order valence-corrected chi connectivity index (χ4v) is 2.79. The molecule has 1 amide bonds. The van der Waals surface area contributed by atoms with E-state index in [0.717, 1.165) is 12.1 Å². The average molecular weight is 329 g/mol. The van der Waals surface area contributed by atoms with Gasteiger partial charge in [0.05, 0.1) is 11.5 Å². The second kappa shape index (κ2) is 7.02. The van der Waals surface area contributed by atoms with E-state index >= 15 is 0 Å². The molecule has 0 atom stereocenters. The molecular weight excluding hydrogens is 311 g/mol. The predicted molar refractivity (Wildman–Crippen MR) is 76.4 cm³/mol. The summed E-state index contributed by atoms with van der Waals surface area (Å²) in [7, 11) is 0. The maximum absolute atomic E-state index is 12.6. The molecule has 0 bridgehead atoms. The van der Waals surface area contributed by atoms with Crippen LogP contribution in [0, 0.1) is 11.8 Å². The van der Waals surface area contributed by atoms with Crippen LogP contribution in [0.4, 0.5) is 13.2 Å². The molecule has 0 aromatic heterocycles. The summed E-state index contributed by atoms with van der Waals surface area (Å²) in [5.74, 6) is -1.74. The Morgan fingerprint density at radius 2 is 1.74 bits per heavy atom. The third-order valence-electron chi connectivity index (χ3n) is 4.17. The van der Waals surface area contributed by atoms with E-state index in [0.29, 0.717) is 31.2 Å². The topological polar surface area (TPSA) is 66.4 Å². The van der Waals surface area contributed by atoms with Crippen molar-refractivity contribution in [1.82, 2.24) is 5.32 Å². The molecule has 0 unspecified atom stereocenters. The normalized spacial score (nSPS) is 21.7. The lowest BCUT2D eigenvalue weighted by Crippen LogP contribution is -2.34. The first-order valence-corrected chi connectivity index (χ1v) is 7.44. The van der Waals surface area contributed by atoms with E-state index < -0.39 is 23.6 Å². The number of amides is 1. The van der Waals surface area contributed by atoms with E-state index in [2.05, 4.69) is 5.32 Å². The molecule has 1 aliphatic rings. The molecular formula is C16H18F3NO3. The number of carbonyl (C=O) groups excluding carboxylic acids is 1. The molecule has 1 aromatic carbocycles. The van der Waals surface area contributed by atoms with Gasteiger partial charge in [0.15, 0.2) is 0 Å². The van der Waals surface area contributed by atoms with Crippen molar-refractivity contribution in [3.63, 3.8) is 0 Å². The zero-order valence-electron chi connectivity index (χ0n) is 12.4. The Morgan fingerprint density at radius 3 is 2.30 bits per heavy atom. The van der Waals surface area contributed by atoms with E-state index in [4.69, 9.17) is 5.11 Å². The summed E-state index contributed by atoms with van der Waals surface area (Å²) in [6.07, 6.45) is -2.51. The van der Waals surface area contributed by atoms with Gasteiger partial charge in [-0.25, -0.2) is 0 Å². The third kappa shape index (κ3) is 4.71. The van der Waals surface area contributed by atoms with E-state index in [9.17, 15) is 22.8 Å². The van der Waals surface area contributed by atoms with E-state index in [-0.39, 0.29) is 18.4 Å². The van der Waals surface area contributed by atoms with Crippen LogP contribution in [0.2, 0.25) is 0 Å². The standard InChI is InChI=1S/C16H18F3NO3/c17-16(18,19)13-3-1-2-10(8-13)9-20-14(21)11-4-6-12(7-5-11)15(22)23/h1-3,8,11-12H,4-7,9H2,(H,20,21)(H,22,23). The highest BCUT2D eigenvalue weighted by molar-refractivity contribution is 5.79. The van der Waals surface area contributed by atoms with Crippen molar-refractivity contribution in [3.05, 3.63) is 35.4 Å². The number of benzene rings is 1. The Hall–Kier alpha value is -2.05. The van der Waals surface area contributed by atoms with Crippen molar-refractivity contribution >= 4 is 11.9 Å². The van der Waals surface area contributed by atoms with Crippen LogP contribution < -0.4 is 5.32 Å². The highest BCUT2D eigenvalue weighted by Crippen LogP contribution is 2.30. The molecule has 1 fully saturated rings. The second-order valence-corrected chi connectivity index (χ2v) is 5.80. The second-order valence-electron chi connectivity index (χ2n) is 5.80. The molecule has 0 spiro atoms. The van der Waals surface area contributed by atoms with Gasteiger partial charge >= 0.3 is 12.1 Å². The number of halogens is 3. The van der Waals surface area contributed by atoms with Crippen LogP contribution in [-0.2, 0) is 22.3 Å². The maximum Gasteiger partial charge on any atom is 0.416 e. The predicted octanol–water partition coefficient (Wildman–Crippen LogP) is 3.21. The number of hydrogen-bond donors (Lipinski definition) is 2. The van der Waals surface area contributed by atoms with Gasteiger partial charge in [0, 0.05) is 12.5 Å². The number of carboxylic acid groups (broad SMARTS) is 1. The molecule has 1 aromatic rings. The van der Waals surface area contributed by atoms with Gasteiger partial charge in [-0.3, -0.25) is 9.59 Å². The van der Waals surface area contributed by atoms with Gasteiger partial charge in [0.25, 0.3) is 0 Å². The van der Waals surface area contributed by atoms with Crippen LogP contribution in [0.25, 0.3) is 0 Å². The number of nitrogens with one attached hydrogen (secondary N) is 1. The summed E-state index contributed by atoms with van der Waals surface area (Å²) in [6, 6.07) is 4.83. The molecule has 0 radical (unpaired) electrons. The van der Waals surface area contributed by atoms with Gasteiger partial charge in [0.2, 0.25) is 5.91 Å². The van der Waals surface area contributed by atoms with Gasteiger partial charge in [-0.2, -0.15) is 13.2 Å². The molecule has 0 heterocycles. The van der Waals surface area contributed by atoms with Crippen LogP contribution >= 0.6 is 0 Å². The molecule has 1 aliphatic carbocycles. The van der Waals surface area contributed by atoms with Gasteiger partial charge in [-0.15, -0.1) is 0 Å². The van der Waals surface area contributed by atoms with Crippen molar-refractivity contribution in [2.75, 3.05) is 0 Å². The molecule has 4 nitrogen and oxygen atoms in total. The molecule has 126 valence electrons. The average Bonchev–Trinajstić information content (AvgIpc) is 2.52. The lowest BCUT2D eigenvalue weighted by Gasteiger charge is -2.25. The summed E-state index contributed by atoms with van der Waals surface area (Å²) in [4.78, 5) is 22.9. The highest BCUT2D eigenvalue weighted by Gasteiger charge is 2.31. The highest BCUT2D eigenvalue weighted by atomic mass is 19.4. The molecule has 2 rings (SSSR count). The number of carbonyl (C=O) groups is 2. The Morgan fingerprint density at radius 1 is 1.13 bits per heavy atom. The third-order valence-corrected chi connectivity index (χ3v) is 4.17. The van der Waals surface area contributed by atoms with Crippen molar-refractivity contribution in [2.45, 2.75) is 38.4 Å². The quantitative estimate of drug-likeness (QED) is 0.891. The Kier molecular flexibility index (Phi) is 5.28. The zero-order chi connectivity index (χ0) is 17.0. The lowest BCUT2D eigenvalue weighted by molar-refractivity contribution is -0.144. The zero-order valence-corrected chi connectivity index (χ0v) is 12.4. The minimum absolute atomic E-state index is 0.0294. The van der Waals surface area contributed by atoms with Crippen molar-refractivity contribution in [3.8, 4) is 0 Å². The minimum Gasteiger partial charge on any atom is -0.481 e. The summed E-state index contributed by atoms with van der Waals surface area (Å²) in [5.41, 5.74) is -0.362. The van der Waals surface area contributed by atoms with Crippen LogP contribution in [0.1, 0.15) is 36.8 Å². The largest absolute Gasteiger partial charge is 0.481 e. The molecule has 1 saturated carbocycles. The molecule has 0 saturated heterocycles. The van der Waals surface area contributed by atoms with Crippen LogP contribution in [0.15, 0.2) is 24.3 Å². The first kappa shape index (κ1) is 17.3. The minimum atomic E-state index is -4.41. The van der Waals surface area contributed by atoms with Gasteiger partial charge in [-0.05, 0) is 43.4 Å². The Bertz CT molecular complexity index is 578. The fourth-order valence-electron chi connectivity index (χ4n) is 2.79. The van der Waals surface area contributed by atoms with E-state index in [1.165, 1.54) is 12.1 Å². The Labute approximate surface area is 131 Å². The summed E-state index contributed by atoms with van der Waals surface area (Å²) in [5, 5.41) is 11.6. The first-order chi connectivity index (χ1) is 10.8. The number of alkyl halides is 3. The first-order valence-electron chi connectivity index (χ1n) is 7.44. The molecule has 2 N–H and O–H groups in total. The fraction of sp³-hybridized carbons (Fsp3) is 0.500. The SMILES string of the molecule is O=C(O)C1CCC(C(=O)NCc2cccc(C(F)(F)F)c2)CC1. The molecule has 7 heteroatoms. The molecule has 23 heavy (non-hydrogen) atoms. The van der Waals surface area contributed by atoms with Crippen molar-refractivity contribution in [2.24, 2.45) is 11.8 Å². The number of aliphatic carboxylic acids is 1. The monoisotopic (exact) mass is 329 g/mol. The number of hydrogen-bond acceptors (Lipinski definition) is 2. The van der Waals surface area contributed by atoms with Crippen molar-refractivity contribution in [1.29, 1.82) is 0 Å². The number of carboxylic acids is 1. The smallest absolute Gasteiger partial charge is 0.416 e. The Balaban J connectivity index is 1.87. The van der Waals surface area contributed by atoms with Gasteiger partial charge < -0.3 is 10.4 Å². The van der Waals surface area contributed by atoms with Crippen LogP contribution in [0.5, 0.6) is 0 Å². The summed E-state index contributed by atoms with van der Waals surface area (Å²) in [6.45, 7) is 0.0294. The number of rotatable bonds is 4. The van der Waals surface area contributed by atoms with Crippen LogP contribution in [-0.4, -0.2) is 17.0 Å².